The largest absolute Gasteiger partial charge is 0.500 e. The van der Waals surface area contributed by atoms with Crippen molar-refractivity contribution in [1.82, 2.24) is 5.32 Å². The second kappa shape index (κ2) is 8.51. The highest BCUT2D eigenvalue weighted by molar-refractivity contribution is 6.15. The first kappa shape index (κ1) is 20.0. The Kier molecular flexibility index (Phi) is 5.87. The summed E-state index contributed by atoms with van der Waals surface area (Å²) in [5.41, 5.74) is 0.586. The molecule has 1 N–H and O–H groups in total. The number of dihydropyridines is 1. The lowest BCUT2D eigenvalue weighted by molar-refractivity contribution is -0.385. The number of nitrogens with one attached hydrogen (secondary N) is 1. The molecule has 2 amide bonds. The maximum absolute atomic E-state index is 12.4. The summed E-state index contributed by atoms with van der Waals surface area (Å²) in [4.78, 5) is 39.3. The smallest absolute Gasteiger partial charge is 0.282 e. The molecule has 9 nitrogen and oxygen atoms in total. The number of carbonyl (C=O) groups excluding carboxylic acids is 2. The molecule has 0 saturated heterocycles. The summed E-state index contributed by atoms with van der Waals surface area (Å²) in [6.45, 7) is 0.124. The van der Waals surface area contributed by atoms with Crippen LogP contribution in [-0.4, -0.2) is 43.2 Å². The Morgan fingerprint density at radius 2 is 2.00 bits per heavy atom. The fourth-order valence-electron chi connectivity index (χ4n) is 3.16. The van der Waals surface area contributed by atoms with E-state index in [2.05, 4.69) is 10.3 Å². The predicted octanol–water partition coefficient (Wildman–Crippen LogP) is 2.31. The van der Waals surface area contributed by atoms with E-state index in [4.69, 9.17) is 9.47 Å². The summed E-state index contributed by atoms with van der Waals surface area (Å²) in [6.07, 6.45) is 5.40. The molecule has 1 heterocycles. The molecule has 150 valence electrons. The number of para-hydroxylation sites is 1. The molecular weight excluding hydrogens is 378 g/mol. The minimum absolute atomic E-state index is 0.0338. The van der Waals surface area contributed by atoms with Crippen molar-refractivity contribution < 1.29 is 24.0 Å². The van der Waals surface area contributed by atoms with Gasteiger partial charge in [0.15, 0.2) is 0 Å². The first-order chi connectivity index (χ1) is 14.0. The molecule has 1 unspecified atom stereocenters. The Morgan fingerprint density at radius 3 is 2.69 bits per heavy atom. The lowest BCUT2D eigenvalue weighted by atomic mass is 9.89. The summed E-state index contributed by atoms with van der Waals surface area (Å²) in [6, 6.07) is 5.68. The molecule has 0 radical (unpaired) electrons. The molecular formula is C20H19N3O6. The Bertz CT molecular complexity index is 990. The molecule has 0 saturated carbocycles. The van der Waals surface area contributed by atoms with Crippen molar-refractivity contribution in [3.8, 4) is 0 Å². The van der Waals surface area contributed by atoms with E-state index in [9.17, 15) is 19.7 Å². The van der Waals surface area contributed by atoms with Crippen LogP contribution in [0, 0.1) is 16.0 Å². The number of hydrogen-bond acceptors (Lipinski definition) is 6. The van der Waals surface area contributed by atoms with E-state index in [1.54, 1.807) is 24.3 Å². The second-order valence-corrected chi connectivity index (χ2v) is 6.26. The van der Waals surface area contributed by atoms with Crippen LogP contribution in [0.15, 0.2) is 64.6 Å². The first-order valence-electron chi connectivity index (χ1n) is 8.81. The summed E-state index contributed by atoms with van der Waals surface area (Å²) in [7, 11) is 3.03. The second-order valence-electron chi connectivity index (χ2n) is 6.26. The molecule has 1 atom stereocenters. The van der Waals surface area contributed by atoms with E-state index in [1.807, 2.05) is 0 Å². The molecule has 1 aromatic carbocycles. The van der Waals surface area contributed by atoms with Crippen LogP contribution in [0.3, 0.4) is 0 Å². The number of allylic oxidation sites excluding steroid dienone is 4. The molecule has 1 aliphatic heterocycles. The number of benzene rings is 1. The van der Waals surface area contributed by atoms with Crippen LogP contribution in [0.2, 0.25) is 0 Å². The van der Waals surface area contributed by atoms with Gasteiger partial charge < -0.3 is 14.8 Å². The quantitative estimate of drug-likeness (QED) is 0.557. The van der Waals surface area contributed by atoms with Crippen LogP contribution in [0.1, 0.15) is 16.8 Å². The van der Waals surface area contributed by atoms with Gasteiger partial charge in [-0.15, -0.1) is 0 Å². The average Bonchev–Trinajstić information content (AvgIpc) is 2.73. The van der Waals surface area contributed by atoms with Gasteiger partial charge in [-0.25, -0.2) is 4.99 Å². The normalized spacial score (nSPS) is 17.9. The maximum atomic E-state index is 12.4. The van der Waals surface area contributed by atoms with Gasteiger partial charge in [-0.1, -0.05) is 18.2 Å². The number of hydrogen-bond donors (Lipinski definition) is 1. The molecule has 2 aliphatic rings. The molecule has 0 fully saturated rings. The van der Waals surface area contributed by atoms with Crippen molar-refractivity contribution in [1.29, 1.82) is 0 Å². The molecule has 29 heavy (non-hydrogen) atoms. The van der Waals surface area contributed by atoms with Gasteiger partial charge in [-0.05, 0) is 24.6 Å². The van der Waals surface area contributed by atoms with Gasteiger partial charge in [0, 0.05) is 18.2 Å². The molecule has 1 aliphatic carbocycles. The number of nitro groups is 1. The molecule has 0 aromatic heterocycles. The van der Waals surface area contributed by atoms with E-state index in [1.165, 1.54) is 32.4 Å². The van der Waals surface area contributed by atoms with Gasteiger partial charge in [-0.3, -0.25) is 19.7 Å². The number of fused-ring (bicyclic) bond motifs is 1. The molecule has 3 rings (SSSR count). The number of ether oxygens (including phenoxy) is 2. The maximum Gasteiger partial charge on any atom is 0.282 e. The standard InChI is InChI=1S/C20H19N3O6/c1-28-16-7-8-17(29-2)18-14(16)11-12(19(24)22-18)9-10-21-20(25)13-5-3-4-6-15(13)23(26)27/h3-8,11,14H,9-10H2,1-2H3,(H,21,25). The molecule has 0 bridgehead atoms. The van der Waals surface area contributed by atoms with E-state index in [-0.39, 0.29) is 30.1 Å². The lowest BCUT2D eigenvalue weighted by Gasteiger charge is -2.26. The molecule has 1 aromatic rings. The Balaban J connectivity index is 1.69. The third-order valence-corrected chi connectivity index (χ3v) is 4.60. The number of methoxy groups -OCH3 is 2. The van der Waals surface area contributed by atoms with Gasteiger partial charge >= 0.3 is 0 Å². The number of nitro benzene ring substituents is 1. The number of rotatable bonds is 7. The zero-order valence-corrected chi connectivity index (χ0v) is 15.9. The van der Waals surface area contributed by atoms with Gasteiger partial charge in [0.2, 0.25) is 0 Å². The van der Waals surface area contributed by atoms with Crippen molar-refractivity contribution in [2.24, 2.45) is 10.9 Å². The van der Waals surface area contributed by atoms with E-state index < -0.39 is 16.7 Å². The third-order valence-electron chi connectivity index (χ3n) is 4.60. The number of carbonyl (C=O) groups is 2. The minimum atomic E-state index is -0.610. The molecule has 9 heteroatoms. The van der Waals surface area contributed by atoms with Gasteiger partial charge in [0.1, 0.15) is 22.8 Å². The zero-order valence-electron chi connectivity index (χ0n) is 15.9. The van der Waals surface area contributed by atoms with Crippen molar-refractivity contribution in [2.45, 2.75) is 6.42 Å². The van der Waals surface area contributed by atoms with Crippen molar-refractivity contribution >= 4 is 23.2 Å². The van der Waals surface area contributed by atoms with Crippen molar-refractivity contribution in [3.63, 3.8) is 0 Å². The summed E-state index contributed by atoms with van der Waals surface area (Å²) < 4.78 is 10.6. The van der Waals surface area contributed by atoms with Gasteiger partial charge in [0.25, 0.3) is 17.5 Å². The van der Waals surface area contributed by atoms with Crippen molar-refractivity contribution in [2.75, 3.05) is 20.8 Å². The topological polar surface area (TPSA) is 120 Å². The number of aliphatic imine (C=N–C) groups is 1. The fraction of sp³-hybridized carbons (Fsp3) is 0.250. The van der Waals surface area contributed by atoms with Crippen molar-refractivity contribution in [3.05, 3.63) is 75.3 Å². The van der Waals surface area contributed by atoms with Gasteiger partial charge in [-0.2, -0.15) is 0 Å². The number of nitrogens with zero attached hydrogens (tertiary/aromatic N) is 2. The van der Waals surface area contributed by atoms with Gasteiger partial charge in [0.05, 0.1) is 25.1 Å². The van der Waals surface area contributed by atoms with Crippen LogP contribution in [0.25, 0.3) is 0 Å². The Hall–Kier alpha value is -3.75. The van der Waals surface area contributed by atoms with E-state index in [0.717, 1.165) is 0 Å². The summed E-state index contributed by atoms with van der Waals surface area (Å²) in [5.74, 6) is -0.234. The monoisotopic (exact) mass is 397 g/mol. The highest BCUT2D eigenvalue weighted by atomic mass is 16.6. The first-order valence-corrected chi connectivity index (χ1v) is 8.81. The van der Waals surface area contributed by atoms with Crippen LogP contribution < -0.4 is 5.32 Å². The Morgan fingerprint density at radius 1 is 1.24 bits per heavy atom. The van der Waals surface area contributed by atoms with Crippen LogP contribution in [0.4, 0.5) is 5.69 Å². The van der Waals surface area contributed by atoms with Crippen LogP contribution in [0.5, 0.6) is 0 Å². The van der Waals surface area contributed by atoms with Crippen LogP contribution >= 0.6 is 0 Å². The number of amides is 2. The third kappa shape index (κ3) is 4.08. The summed E-state index contributed by atoms with van der Waals surface area (Å²) >= 11 is 0. The van der Waals surface area contributed by atoms with E-state index in [0.29, 0.717) is 22.8 Å². The lowest BCUT2D eigenvalue weighted by Crippen LogP contribution is -2.30. The highest BCUT2D eigenvalue weighted by Gasteiger charge is 2.32. The minimum Gasteiger partial charge on any atom is -0.500 e. The SMILES string of the molecule is COC1=CC=C(OC)C2C=C(CCNC(=O)c3ccccc3[N+](=O)[O-])C(=O)N=C12. The van der Waals surface area contributed by atoms with Crippen LogP contribution in [-0.2, 0) is 14.3 Å². The molecule has 0 spiro atoms. The van der Waals surface area contributed by atoms with E-state index >= 15 is 0 Å². The predicted molar refractivity (Wildman–Crippen MR) is 104 cm³/mol. The average molecular weight is 397 g/mol. The Labute approximate surface area is 166 Å². The highest BCUT2D eigenvalue weighted by Crippen LogP contribution is 2.30. The zero-order chi connectivity index (χ0) is 21.0. The summed E-state index contributed by atoms with van der Waals surface area (Å²) in [5, 5.41) is 13.7. The fourth-order valence-corrected chi connectivity index (χ4v) is 3.16.